The van der Waals surface area contributed by atoms with E-state index in [1.165, 1.54) is 32.4 Å². The molecule has 0 aromatic carbocycles. The molecule has 0 atom stereocenters. The number of rotatable bonds is 5. The van der Waals surface area contributed by atoms with E-state index >= 15 is 0 Å². The first-order valence-electron chi connectivity index (χ1n) is 6.63. The van der Waals surface area contributed by atoms with Crippen LogP contribution >= 0.6 is 0 Å². The molecule has 100 valence electrons. The number of piperidine rings is 1. The molecule has 0 aliphatic carbocycles. The number of anilines is 2. The molecule has 1 fully saturated rings. The van der Waals surface area contributed by atoms with Gasteiger partial charge in [0, 0.05) is 24.5 Å². The zero-order valence-corrected chi connectivity index (χ0v) is 11.0. The zero-order valence-electron chi connectivity index (χ0n) is 11.0. The van der Waals surface area contributed by atoms with Crippen LogP contribution in [-0.2, 0) is 0 Å². The number of nitrogens with two attached hydrogens (primary N) is 1. The summed E-state index contributed by atoms with van der Waals surface area (Å²) in [6.45, 7) is 3.49. The Hall–Kier alpha value is -1.33. The highest BCUT2D eigenvalue weighted by atomic mass is 15.2. The number of hydrogen-bond acceptors (Lipinski definition) is 5. The Morgan fingerprint density at radius 1 is 1.44 bits per heavy atom. The summed E-state index contributed by atoms with van der Waals surface area (Å²) in [4.78, 5) is 6.49. The summed E-state index contributed by atoms with van der Waals surface area (Å²) in [6.07, 6.45) is 5.64. The molecule has 4 N–H and O–H groups in total. The summed E-state index contributed by atoms with van der Waals surface area (Å²) < 4.78 is 0. The third kappa shape index (κ3) is 3.85. The number of likely N-dealkylation sites (tertiary alicyclic amines) is 1. The van der Waals surface area contributed by atoms with Gasteiger partial charge in [0.2, 0.25) is 0 Å². The minimum Gasteiger partial charge on any atom is -0.385 e. The summed E-state index contributed by atoms with van der Waals surface area (Å²) in [5, 5.41) is 3.43. The molecule has 0 amide bonds. The summed E-state index contributed by atoms with van der Waals surface area (Å²) >= 11 is 0. The molecule has 2 heterocycles. The van der Waals surface area contributed by atoms with Gasteiger partial charge in [0.05, 0.1) is 0 Å². The van der Waals surface area contributed by atoms with Crippen LogP contribution in [0.2, 0.25) is 0 Å². The van der Waals surface area contributed by atoms with Crippen molar-refractivity contribution in [2.24, 2.45) is 11.8 Å². The van der Waals surface area contributed by atoms with Crippen LogP contribution in [0.1, 0.15) is 19.3 Å². The summed E-state index contributed by atoms with van der Waals surface area (Å²) in [6, 6.07) is 3.89. The molecule has 0 radical (unpaired) electrons. The SMILES string of the molecule is CN1CCC(CCNc2ccnc(NN)c2)CC1. The lowest BCUT2D eigenvalue weighted by Crippen LogP contribution is -2.30. The maximum atomic E-state index is 5.33. The topological polar surface area (TPSA) is 66.2 Å². The van der Waals surface area contributed by atoms with Gasteiger partial charge in [-0.15, -0.1) is 0 Å². The standard InChI is InChI=1S/C13H23N5/c1-18-8-4-11(5-9-18)2-6-15-12-3-7-16-13(10-12)17-14/h3,7,10-11H,2,4-6,8-9,14H2,1H3,(H2,15,16,17). The number of pyridine rings is 1. The maximum absolute atomic E-state index is 5.33. The number of nitrogen functional groups attached to an aromatic ring is 1. The normalized spacial score (nSPS) is 17.7. The fourth-order valence-corrected chi connectivity index (χ4v) is 2.39. The highest BCUT2D eigenvalue weighted by Gasteiger charge is 2.15. The van der Waals surface area contributed by atoms with Crippen molar-refractivity contribution in [1.82, 2.24) is 9.88 Å². The van der Waals surface area contributed by atoms with Crippen molar-refractivity contribution in [1.29, 1.82) is 0 Å². The van der Waals surface area contributed by atoms with Gasteiger partial charge in [-0.1, -0.05) is 0 Å². The van der Waals surface area contributed by atoms with Gasteiger partial charge in [-0.05, 0) is 51.4 Å². The van der Waals surface area contributed by atoms with Crippen molar-refractivity contribution in [3.05, 3.63) is 18.3 Å². The van der Waals surface area contributed by atoms with Crippen molar-refractivity contribution in [2.45, 2.75) is 19.3 Å². The Kier molecular flexibility index (Phi) is 4.78. The Balaban J connectivity index is 1.71. The molecule has 5 nitrogen and oxygen atoms in total. The molecule has 1 aliphatic heterocycles. The van der Waals surface area contributed by atoms with Gasteiger partial charge in [0.1, 0.15) is 5.82 Å². The fraction of sp³-hybridized carbons (Fsp3) is 0.615. The minimum atomic E-state index is 0.694. The lowest BCUT2D eigenvalue weighted by molar-refractivity contribution is 0.215. The second kappa shape index (κ2) is 6.56. The highest BCUT2D eigenvalue weighted by Crippen LogP contribution is 2.19. The van der Waals surface area contributed by atoms with Crippen LogP contribution in [0.4, 0.5) is 11.5 Å². The molecule has 18 heavy (non-hydrogen) atoms. The van der Waals surface area contributed by atoms with Crippen molar-refractivity contribution in [3.63, 3.8) is 0 Å². The Morgan fingerprint density at radius 2 is 2.22 bits per heavy atom. The second-order valence-corrected chi connectivity index (χ2v) is 5.04. The van der Waals surface area contributed by atoms with Crippen molar-refractivity contribution >= 4 is 11.5 Å². The first kappa shape index (κ1) is 13.1. The largest absolute Gasteiger partial charge is 0.385 e. The lowest BCUT2D eigenvalue weighted by Gasteiger charge is -2.28. The van der Waals surface area contributed by atoms with Crippen LogP contribution < -0.4 is 16.6 Å². The molecule has 5 heteroatoms. The van der Waals surface area contributed by atoms with Gasteiger partial charge in [-0.3, -0.25) is 0 Å². The predicted molar refractivity (Wildman–Crippen MR) is 75.4 cm³/mol. The third-order valence-corrected chi connectivity index (χ3v) is 3.63. The number of hydrazine groups is 1. The van der Waals surface area contributed by atoms with Crippen molar-refractivity contribution in [3.8, 4) is 0 Å². The molecule has 1 aromatic heterocycles. The fourth-order valence-electron chi connectivity index (χ4n) is 2.39. The van der Waals surface area contributed by atoms with Crippen LogP contribution in [0.5, 0.6) is 0 Å². The monoisotopic (exact) mass is 249 g/mol. The first-order chi connectivity index (χ1) is 8.78. The highest BCUT2D eigenvalue weighted by molar-refractivity contribution is 5.51. The average molecular weight is 249 g/mol. The van der Waals surface area contributed by atoms with E-state index in [0.29, 0.717) is 5.82 Å². The molecule has 1 aliphatic rings. The van der Waals surface area contributed by atoms with E-state index in [1.807, 2.05) is 12.1 Å². The molecule has 2 rings (SSSR count). The van der Waals surface area contributed by atoms with Crippen LogP contribution in [0.15, 0.2) is 18.3 Å². The van der Waals surface area contributed by atoms with E-state index in [9.17, 15) is 0 Å². The number of aromatic nitrogens is 1. The van der Waals surface area contributed by atoms with Gasteiger partial charge in [0.15, 0.2) is 0 Å². The van der Waals surface area contributed by atoms with E-state index in [1.54, 1.807) is 6.20 Å². The van der Waals surface area contributed by atoms with E-state index < -0.39 is 0 Å². The van der Waals surface area contributed by atoms with E-state index in [4.69, 9.17) is 5.84 Å². The molecular formula is C13H23N5. The molecular weight excluding hydrogens is 226 g/mol. The Bertz CT molecular complexity index is 360. The van der Waals surface area contributed by atoms with Gasteiger partial charge in [-0.2, -0.15) is 0 Å². The number of nitrogens with one attached hydrogen (secondary N) is 2. The van der Waals surface area contributed by atoms with Crippen molar-refractivity contribution in [2.75, 3.05) is 37.4 Å². The molecule has 0 unspecified atom stereocenters. The second-order valence-electron chi connectivity index (χ2n) is 5.04. The molecule has 1 aromatic rings. The van der Waals surface area contributed by atoms with Crippen LogP contribution in [0.3, 0.4) is 0 Å². The van der Waals surface area contributed by atoms with E-state index in [0.717, 1.165) is 18.2 Å². The Labute approximate surface area is 109 Å². The smallest absolute Gasteiger partial charge is 0.141 e. The summed E-state index contributed by atoms with van der Waals surface area (Å²) in [5.41, 5.74) is 3.63. The zero-order chi connectivity index (χ0) is 12.8. The van der Waals surface area contributed by atoms with E-state index in [2.05, 4.69) is 27.7 Å². The molecule has 0 saturated carbocycles. The van der Waals surface area contributed by atoms with E-state index in [-0.39, 0.29) is 0 Å². The molecule has 0 bridgehead atoms. The third-order valence-electron chi connectivity index (χ3n) is 3.63. The lowest BCUT2D eigenvalue weighted by atomic mass is 9.94. The van der Waals surface area contributed by atoms with Crippen LogP contribution in [-0.4, -0.2) is 36.6 Å². The van der Waals surface area contributed by atoms with Crippen LogP contribution in [0.25, 0.3) is 0 Å². The van der Waals surface area contributed by atoms with Gasteiger partial charge in [0.25, 0.3) is 0 Å². The molecule has 1 saturated heterocycles. The minimum absolute atomic E-state index is 0.694. The summed E-state index contributed by atoms with van der Waals surface area (Å²) in [5.74, 6) is 6.89. The first-order valence-corrected chi connectivity index (χ1v) is 6.63. The van der Waals surface area contributed by atoms with Gasteiger partial charge in [-0.25, -0.2) is 10.8 Å². The molecule has 0 spiro atoms. The van der Waals surface area contributed by atoms with Crippen molar-refractivity contribution < 1.29 is 0 Å². The predicted octanol–water partition coefficient (Wildman–Crippen LogP) is 1.51. The number of hydrogen-bond donors (Lipinski definition) is 3. The quantitative estimate of drug-likeness (QED) is 0.545. The number of nitrogens with zero attached hydrogens (tertiary/aromatic N) is 2. The van der Waals surface area contributed by atoms with Crippen LogP contribution in [0, 0.1) is 5.92 Å². The maximum Gasteiger partial charge on any atom is 0.141 e. The van der Waals surface area contributed by atoms with Gasteiger partial charge < -0.3 is 15.6 Å². The average Bonchev–Trinajstić information content (AvgIpc) is 2.41. The summed E-state index contributed by atoms with van der Waals surface area (Å²) in [7, 11) is 2.20. The Morgan fingerprint density at radius 3 is 2.94 bits per heavy atom. The van der Waals surface area contributed by atoms with Gasteiger partial charge >= 0.3 is 0 Å².